The summed E-state index contributed by atoms with van der Waals surface area (Å²) in [6, 6.07) is 5.39. The number of hydrazine groups is 1. The Balaban J connectivity index is 1.99. The molecule has 0 radical (unpaired) electrons. The molecule has 1 fully saturated rings. The molecule has 7 nitrogen and oxygen atoms in total. The van der Waals surface area contributed by atoms with Crippen LogP contribution in [0.5, 0.6) is 0 Å². The quantitative estimate of drug-likeness (QED) is 0.746. The Morgan fingerprint density at radius 2 is 1.86 bits per heavy atom. The average Bonchev–Trinajstić information content (AvgIpc) is 2.77. The van der Waals surface area contributed by atoms with Gasteiger partial charge in [0.25, 0.3) is 10.0 Å². The molecule has 116 valence electrons. The normalized spacial score (nSPS) is 21.1. The van der Waals surface area contributed by atoms with Gasteiger partial charge in [0.05, 0.1) is 22.3 Å². The van der Waals surface area contributed by atoms with Crippen LogP contribution >= 0.6 is 11.6 Å². The van der Waals surface area contributed by atoms with Crippen LogP contribution in [-0.4, -0.2) is 34.2 Å². The molecule has 1 aliphatic heterocycles. The number of sulfone groups is 1. The SMILES string of the molecule is O=C(NNS(=O)(=O)c1ccc(Cl)cc1)[C@H]1CCS(=O)(=O)C1. The molecule has 10 heteroatoms. The van der Waals surface area contributed by atoms with Gasteiger partial charge >= 0.3 is 0 Å². The number of carbonyl (C=O) groups excluding carboxylic acids is 1. The van der Waals surface area contributed by atoms with E-state index in [1.165, 1.54) is 24.3 Å². The molecule has 1 aromatic carbocycles. The van der Waals surface area contributed by atoms with E-state index in [1.807, 2.05) is 10.3 Å². The number of nitrogens with one attached hydrogen (secondary N) is 2. The molecule has 1 aliphatic rings. The molecule has 2 N–H and O–H groups in total. The zero-order chi connectivity index (χ0) is 15.7. The summed E-state index contributed by atoms with van der Waals surface area (Å²) in [6.45, 7) is 0. The van der Waals surface area contributed by atoms with E-state index in [4.69, 9.17) is 11.6 Å². The predicted molar refractivity (Wildman–Crippen MR) is 76.7 cm³/mol. The molecule has 0 aromatic heterocycles. The highest BCUT2D eigenvalue weighted by molar-refractivity contribution is 7.91. The van der Waals surface area contributed by atoms with Crippen molar-refractivity contribution in [2.75, 3.05) is 11.5 Å². The van der Waals surface area contributed by atoms with Crippen LogP contribution in [-0.2, 0) is 24.7 Å². The Hall–Kier alpha value is -1.16. The van der Waals surface area contributed by atoms with Crippen LogP contribution in [0.25, 0.3) is 0 Å². The van der Waals surface area contributed by atoms with Gasteiger partial charge in [-0.1, -0.05) is 11.6 Å². The molecular weight excluding hydrogens is 340 g/mol. The number of halogens is 1. The standard InChI is InChI=1S/C11H13ClN2O5S2/c12-9-1-3-10(4-2-9)21(18,19)14-13-11(15)8-5-6-20(16,17)7-8/h1-4,8,14H,5-7H2,(H,13,15)/t8-/m0/s1. The number of hydrogen-bond acceptors (Lipinski definition) is 5. The number of benzene rings is 1. The predicted octanol–water partition coefficient (Wildman–Crippen LogP) is 0.0842. The molecule has 0 unspecified atom stereocenters. The molecule has 1 amide bonds. The van der Waals surface area contributed by atoms with Gasteiger partial charge in [-0.3, -0.25) is 10.2 Å². The Bertz CT molecular complexity index is 743. The lowest BCUT2D eigenvalue weighted by molar-refractivity contribution is -0.124. The number of sulfonamides is 1. The maximum absolute atomic E-state index is 11.9. The minimum Gasteiger partial charge on any atom is -0.277 e. The molecular formula is C11H13ClN2O5S2. The van der Waals surface area contributed by atoms with Gasteiger partial charge in [-0.05, 0) is 30.7 Å². The van der Waals surface area contributed by atoms with Crippen molar-refractivity contribution in [3.63, 3.8) is 0 Å². The molecule has 0 aliphatic carbocycles. The van der Waals surface area contributed by atoms with E-state index in [1.54, 1.807) is 0 Å². The zero-order valence-corrected chi connectivity index (χ0v) is 13.1. The van der Waals surface area contributed by atoms with Crippen molar-refractivity contribution < 1.29 is 21.6 Å². The highest BCUT2D eigenvalue weighted by Gasteiger charge is 2.33. The van der Waals surface area contributed by atoms with Gasteiger partial charge < -0.3 is 0 Å². The number of hydrogen-bond donors (Lipinski definition) is 2. The van der Waals surface area contributed by atoms with Gasteiger partial charge in [-0.15, -0.1) is 4.83 Å². The molecule has 21 heavy (non-hydrogen) atoms. The van der Waals surface area contributed by atoms with Gasteiger partial charge in [-0.25, -0.2) is 16.8 Å². The first-order valence-corrected chi connectivity index (χ1v) is 9.65. The average molecular weight is 353 g/mol. The summed E-state index contributed by atoms with van der Waals surface area (Å²) in [4.78, 5) is 13.6. The Morgan fingerprint density at radius 3 is 2.38 bits per heavy atom. The Labute approximate surface area is 127 Å². The molecule has 2 rings (SSSR count). The highest BCUT2D eigenvalue weighted by atomic mass is 35.5. The van der Waals surface area contributed by atoms with Crippen molar-refractivity contribution in [1.82, 2.24) is 10.3 Å². The van der Waals surface area contributed by atoms with Crippen molar-refractivity contribution in [2.24, 2.45) is 5.92 Å². The van der Waals surface area contributed by atoms with Crippen molar-refractivity contribution in [3.05, 3.63) is 29.3 Å². The van der Waals surface area contributed by atoms with Crippen molar-refractivity contribution in [3.8, 4) is 0 Å². The largest absolute Gasteiger partial charge is 0.277 e. The van der Waals surface area contributed by atoms with E-state index in [-0.39, 0.29) is 22.8 Å². The fourth-order valence-corrected chi connectivity index (χ4v) is 4.61. The lowest BCUT2D eigenvalue weighted by Gasteiger charge is -2.11. The van der Waals surface area contributed by atoms with E-state index in [0.717, 1.165) is 0 Å². The second-order valence-corrected chi connectivity index (χ2v) is 9.00. The van der Waals surface area contributed by atoms with Gasteiger partial charge in [0.2, 0.25) is 5.91 Å². The van der Waals surface area contributed by atoms with Gasteiger partial charge in [0, 0.05) is 5.02 Å². The summed E-state index contributed by atoms with van der Waals surface area (Å²) in [5.74, 6) is -1.71. The summed E-state index contributed by atoms with van der Waals surface area (Å²) in [5.41, 5.74) is 2.04. The Kier molecular flexibility index (Phi) is 4.57. The third-order valence-electron chi connectivity index (χ3n) is 3.04. The third kappa shape index (κ3) is 4.16. The lowest BCUT2D eigenvalue weighted by atomic mass is 10.1. The van der Waals surface area contributed by atoms with Crippen LogP contribution in [0.4, 0.5) is 0 Å². The minimum atomic E-state index is -3.92. The van der Waals surface area contributed by atoms with Crippen molar-refractivity contribution in [2.45, 2.75) is 11.3 Å². The van der Waals surface area contributed by atoms with Crippen LogP contribution in [0.15, 0.2) is 29.2 Å². The van der Waals surface area contributed by atoms with Crippen LogP contribution in [0.1, 0.15) is 6.42 Å². The molecule has 1 saturated heterocycles. The van der Waals surface area contributed by atoms with E-state index in [2.05, 4.69) is 0 Å². The molecule has 1 heterocycles. The molecule has 0 saturated carbocycles. The number of amides is 1. The van der Waals surface area contributed by atoms with Crippen molar-refractivity contribution >= 4 is 37.4 Å². The van der Waals surface area contributed by atoms with Crippen LogP contribution in [0.3, 0.4) is 0 Å². The molecule has 1 aromatic rings. The first-order chi connectivity index (χ1) is 9.70. The molecule has 1 atom stereocenters. The maximum Gasteiger partial charge on any atom is 0.257 e. The van der Waals surface area contributed by atoms with Gasteiger partial charge in [0.15, 0.2) is 9.84 Å². The topological polar surface area (TPSA) is 109 Å². The number of carbonyl (C=O) groups is 1. The summed E-state index contributed by atoms with van der Waals surface area (Å²) in [5, 5.41) is 0.383. The van der Waals surface area contributed by atoms with Crippen LogP contribution < -0.4 is 10.3 Å². The van der Waals surface area contributed by atoms with E-state index < -0.39 is 31.7 Å². The monoisotopic (exact) mass is 352 g/mol. The second kappa shape index (κ2) is 5.91. The second-order valence-electron chi connectivity index (χ2n) is 4.65. The van der Waals surface area contributed by atoms with Crippen molar-refractivity contribution in [1.29, 1.82) is 0 Å². The van der Waals surface area contributed by atoms with Gasteiger partial charge in [-0.2, -0.15) is 0 Å². The number of rotatable bonds is 4. The summed E-state index contributed by atoms with van der Waals surface area (Å²) in [7, 11) is -7.12. The lowest BCUT2D eigenvalue weighted by Crippen LogP contribution is -2.44. The van der Waals surface area contributed by atoms with Crippen LogP contribution in [0, 0.1) is 5.92 Å². The molecule has 0 spiro atoms. The Morgan fingerprint density at radius 1 is 1.24 bits per heavy atom. The van der Waals surface area contributed by atoms with Crippen LogP contribution in [0.2, 0.25) is 5.02 Å². The summed E-state index contributed by atoms with van der Waals surface area (Å²) < 4.78 is 46.3. The van der Waals surface area contributed by atoms with Gasteiger partial charge in [0.1, 0.15) is 0 Å². The maximum atomic E-state index is 11.9. The minimum absolute atomic E-state index is 0.0605. The summed E-state index contributed by atoms with van der Waals surface area (Å²) >= 11 is 5.66. The fraction of sp³-hybridized carbons (Fsp3) is 0.364. The highest BCUT2D eigenvalue weighted by Crippen LogP contribution is 2.18. The molecule has 0 bridgehead atoms. The smallest absolute Gasteiger partial charge is 0.257 e. The summed E-state index contributed by atoms with van der Waals surface area (Å²) in [6.07, 6.45) is 0.191. The first kappa shape index (κ1) is 16.2. The van der Waals surface area contributed by atoms with E-state index >= 15 is 0 Å². The van der Waals surface area contributed by atoms with E-state index in [0.29, 0.717) is 5.02 Å². The first-order valence-electron chi connectivity index (χ1n) is 5.97. The fourth-order valence-electron chi connectivity index (χ4n) is 1.89. The van der Waals surface area contributed by atoms with E-state index in [9.17, 15) is 21.6 Å². The third-order valence-corrected chi connectivity index (χ3v) is 6.32. The zero-order valence-electron chi connectivity index (χ0n) is 10.7.